The summed E-state index contributed by atoms with van der Waals surface area (Å²) in [5.41, 5.74) is 0.816. The summed E-state index contributed by atoms with van der Waals surface area (Å²) in [5.74, 6) is -0.837. The number of carbonyl (C=O) groups is 1. The second kappa shape index (κ2) is 7.96. The second-order valence-electron chi connectivity index (χ2n) is 6.92. The number of halogens is 3. The van der Waals surface area contributed by atoms with Crippen molar-refractivity contribution in [2.45, 2.75) is 40.0 Å². The van der Waals surface area contributed by atoms with Gasteiger partial charge in [0, 0.05) is 10.9 Å². The fraction of sp³-hybridized carbons (Fsp3) is 0.412. The Bertz CT molecular complexity index is 791. The monoisotopic (exact) mass is 462 g/mol. The van der Waals surface area contributed by atoms with E-state index >= 15 is 0 Å². The summed E-state index contributed by atoms with van der Waals surface area (Å²) >= 11 is 10.4. The lowest BCUT2D eigenvalue weighted by molar-refractivity contribution is 0.0829. The van der Waals surface area contributed by atoms with Gasteiger partial charge in [0.15, 0.2) is 5.01 Å². The molecule has 1 aromatic carbocycles. The third-order valence-corrected chi connectivity index (χ3v) is 5.87. The molecule has 0 bridgehead atoms. The van der Waals surface area contributed by atoms with Gasteiger partial charge in [-0.05, 0) is 46.6 Å². The van der Waals surface area contributed by atoms with Gasteiger partial charge in [0.2, 0.25) is 14.8 Å². The van der Waals surface area contributed by atoms with Crippen LogP contribution in [0.1, 0.15) is 47.9 Å². The fourth-order valence-electron chi connectivity index (χ4n) is 2.24. The molecule has 25 heavy (non-hydrogen) atoms. The molecule has 3 nitrogen and oxygen atoms in total. The second-order valence-corrected chi connectivity index (χ2v) is 11.1. The molecular weight excluding hydrogens is 445 g/mol. The molecule has 2 aromatic rings. The minimum absolute atomic E-state index is 0.0682. The van der Waals surface area contributed by atoms with Crippen LogP contribution in [0.3, 0.4) is 0 Å². The topological polar surface area (TPSA) is 39.2 Å². The SMILES string of the molecule is C[Si](C)OC(c1csc(C(=O)c2cc(Br)c(F)cc2Cl)n1)C(C)(C)C. The highest BCUT2D eigenvalue weighted by molar-refractivity contribution is 9.10. The average Bonchev–Trinajstić information content (AvgIpc) is 2.96. The van der Waals surface area contributed by atoms with E-state index in [2.05, 4.69) is 54.8 Å². The van der Waals surface area contributed by atoms with Crippen molar-refractivity contribution in [2.24, 2.45) is 5.41 Å². The molecule has 2 rings (SSSR count). The van der Waals surface area contributed by atoms with Crippen LogP contribution in [0.25, 0.3) is 0 Å². The van der Waals surface area contributed by atoms with Crippen LogP contribution in [0.4, 0.5) is 4.39 Å². The molecule has 0 aliphatic carbocycles. The van der Waals surface area contributed by atoms with Gasteiger partial charge in [0.25, 0.3) is 0 Å². The van der Waals surface area contributed by atoms with E-state index in [0.29, 0.717) is 5.01 Å². The van der Waals surface area contributed by atoms with Gasteiger partial charge in [-0.1, -0.05) is 32.4 Å². The van der Waals surface area contributed by atoms with Crippen molar-refractivity contribution in [1.82, 2.24) is 4.98 Å². The Kier molecular flexibility index (Phi) is 6.59. The summed E-state index contributed by atoms with van der Waals surface area (Å²) in [7, 11) is -0.931. The number of thiazole rings is 1. The minimum Gasteiger partial charge on any atom is -0.408 e. The van der Waals surface area contributed by atoms with E-state index in [1.54, 1.807) is 0 Å². The van der Waals surface area contributed by atoms with Gasteiger partial charge in [-0.2, -0.15) is 0 Å². The molecule has 0 saturated heterocycles. The van der Waals surface area contributed by atoms with Gasteiger partial charge in [-0.3, -0.25) is 4.79 Å². The van der Waals surface area contributed by atoms with Crippen LogP contribution in [-0.2, 0) is 4.43 Å². The van der Waals surface area contributed by atoms with Crippen molar-refractivity contribution in [3.63, 3.8) is 0 Å². The molecule has 0 aliphatic rings. The summed E-state index contributed by atoms with van der Waals surface area (Å²) in [6.45, 7) is 10.4. The van der Waals surface area contributed by atoms with Gasteiger partial charge in [0.05, 0.1) is 21.3 Å². The molecular formula is C17H19BrClFNO2SSi. The zero-order valence-electron chi connectivity index (χ0n) is 14.6. The summed E-state index contributed by atoms with van der Waals surface area (Å²) in [6, 6.07) is 2.51. The van der Waals surface area contributed by atoms with Crippen molar-refractivity contribution < 1.29 is 13.6 Å². The van der Waals surface area contributed by atoms with Gasteiger partial charge in [0.1, 0.15) is 5.82 Å². The van der Waals surface area contributed by atoms with Gasteiger partial charge >= 0.3 is 0 Å². The summed E-state index contributed by atoms with van der Waals surface area (Å²) in [4.78, 5) is 17.2. The number of rotatable bonds is 5. The molecule has 1 atom stereocenters. The van der Waals surface area contributed by atoms with Gasteiger partial charge < -0.3 is 4.43 Å². The third-order valence-electron chi connectivity index (χ3n) is 3.38. The first-order valence-electron chi connectivity index (χ1n) is 7.62. The van der Waals surface area contributed by atoms with E-state index in [1.165, 1.54) is 17.4 Å². The van der Waals surface area contributed by atoms with Crippen LogP contribution in [0.2, 0.25) is 18.1 Å². The molecule has 1 unspecified atom stereocenters. The number of nitrogens with zero attached hydrogens (tertiary/aromatic N) is 1. The van der Waals surface area contributed by atoms with E-state index in [4.69, 9.17) is 16.0 Å². The smallest absolute Gasteiger partial charge is 0.223 e. The van der Waals surface area contributed by atoms with E-state index in [1.807, 2.05) is 5.38 Å². The lowest BCUT2D eigenvalue weighted by Gasteiger charge is -2.31. The van der Waals surface area contributed by atoms with Crippen LogP contribution in [0, 0.1) is 11.2 Å². The molecule has 0 aliphatic heterocycles. The Morgan fingerprint density at radius 3 is 2.60 bits per heavy atom. The molecule has 0 amide bonds. The first-order chi connectivity index (χ1) is 11.5. The van der Waals surface area contributed by atoms with Crippen LogP contribution in [-0.4, -0.2) is 19.8 Å². The Morgan fingerprint density at radius 1 is 1.40 bits per heavy atom. The molecule has 0 saturated carbocycles. The molecule has 0 fully saturated rings. The first-order valence-corrected chi connectivity index (χ1v) is 12.1. The Morgan fingerprint density at radius 2 is 2.04 bits per heavy atom. The van der Waals surface area contributed by atoms with Crippen LogP contribution < -0.4 is 0 Å². The molecule has 1 aromatic heterocycles. The fourth-order valence-corrected chi connectivity index (χ4v) is 4.55. The molecule has 0 spiro atoms. The minimum atomic E-state index is -0.931. The molecule has 1 heterocycles. The van der Waals surface area contributed by atoms with E-state index in [0.717, 1.165) is 11.8 Å². The quantitative estimate of drug-likeness (QED) is 0.297. The molecule has 1 radical (unpaired) electrons. The van der Waals surface area contributed by atoms with E-state index in [-0.39, 0.29) is 32.4 Å². The molecule has 8 heteroatoms. The number of hydrogen-bond donors (Lipinski definition) is 0. The largest absolute Gasteiger partial charge is 0.408 e. The van der Waals surface area contributed by atoms with Gasteiger partial charge in [-0.25, -0.2) is 9.37 Å². The Balaban J connectivity index is 2.37. The highest BCUT2D eigenvalue weighted by atomic mass is 79.9. The highest BCUT2D eigenvalue weighted by Gasteiger charge is 2.31. The zero-order chi connectivity index (χ0) is 18.9. The van der Waals surface area contributed by atoms with Gasteiger partial charge in [-0.15, -0.1) is 11.3 Å². The van der Waals surface area contributed by atoms with Crippen LogP contribution in [0.5, 0.6) is 0 Å². The lowest BCUT2D eigenvalue weighted by atomic mass is 9.88. The highest BCUT2D eigenvalue weighted by Crippen LogP contribution is 2.37. The predicted molar refractivity (Wildman–Crippen MR) is 105 cm³/mol. The summed E-state index contributed by atoms with van der Waals surface area (Å²) in [6.07, 6.45) is -0.190. The number of ketones is 1. The van der Waals surface area contributed by atoms with Crippen LogP contribution >= 0.6 is 38.9 Å². The zero-order valence-corrected chi connectivity index (χ0v) is 18.8. The van der Waals surface area contributed by atoms with E-state index < -0.39 is 14.9 Å². The van der Waals surface area contributed by atoms with Crippen molar-refractivity contribution in [3.8, 4) is 0 Å². The normalized spacial score (nSPS) is 13.3. The molecule has 0 N–H and O–H groups in total. The maximum atomic E-state index is 13.5. The lowest BCUT2D eigenvalue weighted by Crippen LogP contribution is -2.26. The predicted octanol–water partition coefficient (Wildman–Crippen LogP) is 6.28. The first kappa shape index (κ1) is 20.7. The van der Waals surface area contributed by atoms with Crippen molar-refractivity contribution in [3.05, 3.63) is 49.1 Å². The third kappa shape index (κ3) is 4.98. The maximum absolute atomic E-state index is 13.5. The van der Waals surface area contributed by atoms with Crippen LogP contribution in [0.15, 0.2) is 22.0 Å². The molecule has 135 valence electrons. The Labute approximate surface area is 166 Å². The standard InChI is InChI=1S/C17H19BrClFNO2SSi/c1-17(2,3)15(23-25(4)5)13-8-24-16(21-13)14(22)9-6-10(18)12(20)7-11(9)19/h6-8,15H,1-5H3. The van der Waals surface area contributed by atoms with Crippen molar-refractivity contribution in [1.29, 1.82) is 0 Å². The maximum Gasteiger partial charge on any atom is 0.223 e. The Hall–Kier alpha value is -0.603. The average molecular weight is 464 g/mol. The summed E-state index contributed by atoms with van der Waals surface area (Å²) < 4.78 is 19.8. The number of carbonyl (C=O) groups excluding carboxylic acids is 1. The number of hydrogen-bond acceptors (Lipinski definition) is 4. The van der Waals surface area contributed by atoms with E-state index in [9.17, 15) is 9.18 Å². The number of aromatic nitrogens is 1. The van der Waals surface area contributed by atoms with Crippen molar-refractivity contribution in [2.75, 3.05) is 0 Å². The summed E-state index contributed by atoms with van der Waals surface area (Å²) in [5, 5.41) is 2.23. The number of benzene rings is 1. The van der Waals surface area contributed by atoms with Crippen molar-refractivity contribution >= 4 is 53.7 Å².